The minimum absolute atomic E-state index is 0.0586. The van der Waals surface area contributed by atoms with Gasteiger partial charge in [0.15, 0.2) is 16.8 Å². The van der Waals surface area contributed by atoms with Crippen LogP contribution in [0.2, 0.25) is 0 Å². The van der Waals surface area contributed by atoms with E-state index in [1.165, 1.54) is 11.8 Å². The number of aromatic nitrogens is 4. The van der Waals surface area contributed by atoms with Crippen molar-refractivity contribution >= 4 is 33.3 Å². The molecule has 0 spiro atoms. The summed E-state index contributed by atoms with van der Waals surface area (Å²) >= 11 is 1.36. The minimum atomic E-state index is -3.35. The summed E-state index contributed by atoms with van der Waals surface area (Å²) in [6.45, 7) is 0. The molecule has 29 heavy (non-hydrogen) atoms. The molecule has 1 N–H and O–H groups in total. The molecular formula is C19H19N5O3S2. The van der Waals surface area contributed by atoms with Crippen molar-refractivity contribution in [3.8, 4) is 11.4 Å². The minimum Gasteiger partial charge on any atom is -0.299 e. The quantitative estimate of drug-likeness (QED) is 0.433. The van der Waals surface area contributed by atoms with Crippen molar-refractivity contribution in [3.05, 3.63) is 54.4 Å². The molecule has 0 amide bonds. The first-order valence-electron chi connectivity index (χ1n) is 9.00. The zero-order valence-corrected chi connectivity index (χ0v) is 17.3. The maximum atomic E-state index is 12.6. The number of anilines is 1. The normalized spacial score (nSPS) is 14.0. The molecule has 0 saturated heterocycles. The molecule has 0 unspecified atom stereocenters. The van der Waals surface area contributed by atoms with Crippen LogP contribution in [0.4, 0.5) is 5.69 Å². The third-order valence-corrected chi connectivity index (χ3v) is 5.91. The third-order valence-electron chi connectivity index (χ3n) is 4.36. The van der Waals surface area contributed by atoms with Crippen LogP contribution in [0, 0.1) is 0 Å². The summed E-state index contributed by atoms with van der Waals surface area (Å²) in [6.07, 6.45) is 6.68. The summed E-state index contributed by atoms with van der Waals surface area (Å²) in [4.78, 5) is 16.6. The SMILES string of the molecule is CS(=O)(=O)Nc1ccc(C(=O)CSc2nnc(-c3ccncc3)n2C2CC2)cc1. The van der Waals surface area contributed by atoms with Gasteiger partial charge >= 0.3 is 0 Å². The molecule has 1 aliphatic rings. The highest BCUT2D eigenvalue weighted by molar-refractivity contribution is 7.99. The van der Waals surface area contributed by atoms with Gasteiger partial charge in [-0.15, -0.1) is 10.2 Å². The summed E-state index contributed by atoms with van der Waals surface area (Å²) in [6, 6.07) is 10.5. The molecule has 1 aliphatic carbocycles. The van der Waals surface area contributed by atoms with Gasteiger partial charge in [-0.1, -0.05) is 11.8 Å². The summed E-state index contributed by atoms with van der Waals surface area (Å²) in [5.74, 6) is 0.956. The first-order chi connectivity index (χ1) is 13.9. The summed E-state index contributed by atoms with van der Waals surface area (Å²) in [5, 5.41) is 9.36. The van der Waals surface area contributed by atoms with Crippen LogP contribution < -0.4 is 4.72 Å². The lowest BCUT2D eigenvalue weighted by molar-refractivity contribution is 0.102. The van der Waals surface area contributed by atoms with Gasteiger partial charge in [-0.2, -0.15) is 0 Å². The predicted molar refractivity (Wildman–Crippen MR) is 111 cm³/mol. The highest BCUT2D eigenvalue weighted by atomic mass is 32.2. The molecule has 1 fully saturated rings. The molecular weight excluding hydrogens is 410 g/mol. The Bertz CT molecular complexity index is 1120. The number of Topliss-reactive ketones (excluding diaryl/α,β-unsaturated/α-hetero) is 1. The zero-order valence-electron chi connectivity index (χ0n) is 15.6. The fraction of sp³-hybridized carbons (Fsp3) is 0.263. The molecule has 0 radical (unpaired) electrons. The number of benzene rings is 1. The Kier molecular flexibility index (Phi) is 5.37. The molecule has 150 valence electrons. The van der Waals surface area contributed by atoms with E-state index in [2.05, 4.69) is 24.5 Å². The second kappa shape index (κ2) is 7.96. The number of carbonyl (C=O) groups excluding carboxylic acids is 1. The zero-order chi connectivity index (χ0) is 20.4. The van der Waals surface area contributed by atoms with Crippen LogP contribution in [-0.4, -0.2) is 46.0 Å². The fourth-order valence-corrected chi connectivity index (χ4v) is 4.35. The number of rotatable bonds is 8. The third kappa shape index (κ3) is 4.83. The fourth-order valence-electron chi connectivity index (χ4n) is 2.89. The Morgan fingerprint density at radius 1 is 1.14 bits per heavy atom. The number of hydrogen-bond donors (Lipinski definition) is 1. The Hall–Kier alpha value is -2.72. The maximum Gasteiger partial charge on any atom is 0.229 e. The van der Waals surface area contributed by atoms with Crippen molar-refractivity contribution in [2.45, 2.75) is 24.0 Å². The number of pyridine rings is 1. The van der Waals surface area contributed by atoms with Gasteiger partial charge in [-0.25, -0.2) is 8.42 Å². The van der Waals surface area contributed by atoms with Crippen LogP contribution in [0.5, 0.6) is 0 Å². The van der Waals surface area contributed by atoms with Crippen molar-refractivity contribution in [1.82, 2.24) is 19.7 Å². The molecule has 2 heterocycles. The van der Waals surface area contributed by atoms with Crippen LogP contribution in [0.1, 0.15) is 29.2 Å². The molecule has 8 nitrogen and oxygen atoms in total. The smallest absolute Gasteiger partial charge is 0.229 e. The van der Waals surface area contributed by atoms with E-state index < -0.39 is 10.0 Å². The van der Waals surface area contributed by atoms with E-state index in [0.717, 1.165) is 35.6 Å². The number of nitrogens with zero attached hydrogens (tertiary/aromatic N) is 4. The predicted octanol–water partition coefficient (Wildman–Crippen LogP) is 3.02. The van der Waals surface area contributed by atoms with E-state index in [0.29, 0.717) is 17.3 Å². The van der Waals surface area contributed by atoms with Crippen LogP contribution in [0.15, 0.2) is 53.9 Å². The van der Waals surface area contributed by atoms with Gasteiger partial charge in [0.1, 0.15) is 0 Å². The lowest BCUT2D eigenvalue weighted by Crippen LogP contribution is -2.10. The molecule has 4 rings (SSSR count). The van der Waals surface area contributed by atoms with E-state index in [1.807, 2.05) is 12.1 Å². The summed E-state index contributed by atoms with van der Waals surface area (Å²) in [7, 11) is -3.35. The summed E-state index contributed by atoms with van der Waals surface area (Å²) in [5.41, 5.74) is 1.89. The van der Waals surface area contributed by atoms with Gasteiger partial charge in [-0.05, 0) is 49.2 Å². The van der Waals surface area contributed by atoms with E-state index in [9.17, 15) is 13.2 Å². The number of nitrogens with one attached hydrogen (secondary N) is 1. The second-order valence-corrected chi connectivity index (χ2v) is 9.50. The highest BCUT2D eigenvalue weighted by Gasteiger charge is 2.30. The standard InChI is InChI=1S/C19H19N5O3S2/c1-29(26,27)23-15-4-2-13(3-5-15)17(25)12-28-19-22-21-18(24(19)16-6-7-16)14-8-10-20-11-9-14/h2-5,8-11,16,23H,6-7,12H2,1H3. The molecule has 2 aromatic heterocycles. The van der Waals surface area contributed by atoms with Gasteiger partial charge in [0, 0.05) is 35.2 Å². The second-order valence-electron chi connectivity index (χ2n) is 6.81. The largest absolute Gasteiger partial charge is 0.299 e. The monoisotopic (exact) mass is 429 g/mol. The van der Waals surface area contributed by atoms with Crippen molar-refractivity contribution in [1.29, 1.82) is 0 Å². The van der Waals surface area contributed by atoms with Crippen LogP contribution in [-0.2, 0) is 10.0 Å². The number of sulfonamides is 1. The van der Waals surface area contributed by atoms with Gasteiger partial charge < -0.3 is 0 Å². The maximum absolute atomic E-state index is 12.6. The Morgan fingerprint density at radius 3 is 2.45 bits per heavy atom. The Balaban J connectivity index is 1.47. The molecule has 1 saturated carbocycles. The lowest BCUT2D eigenvalue weighted by atomic mass is 10.1. The topological polar surface area (TPSA) is 107 Å². The average molecular weight is 430 g/mol. The van der Waals surface area contributed by atoms with Crippen molar-refractivity contribution < 1.29 is 13.2 Å². The van der Waals surface area contributed by atoms with Gasteiger partial charge in [0.05, 0.1) is 12.0 Å². The van der Waals surface area contributed by atoms with E-state index >= 15 is 0 Å². The number of ketones is 1. The first kappa shape index (κ1) is 19.6. The Labute approximate surface area is 172 Å². The molecule has 10 heteroatoms. The number of hydrogen-bond acceptors (Lipinski definition) is 7. The summed E-state index contributed by atoms with van der Waals surface area (Å²) < 4.78 is 27.0. The average Bonchev–Trinajstić information content (AvgIpc) is 3.45. The van der Waals surface area contributed by atoms with E-state index in [1.54, 1.807) is 36.7 Å². The first-order valence-corrected chi connectivity index (χ1v) is 11.9. The van der Waals surface area contributed by atoms with Crippen LogP contribution >= 0.6 is 11.8 Å². The number of thioether (sulfide) groups is 1. The van der Waals surface area contributed by atoms with Gasteiger partial charge in [0.25, 0.3) is 0 Å². The molecule has 0 aliphatic heterocycles. The highest BCUT2D eigenvalue weighted by Crippen LogP contribution is 2.41. The number of carbonyl (C=O) groups is 1. The Morgan fingerprint density at radius 2 is 1.83 bits per heavy atom. The van der Waals surface area contributed by atoms with E-state index in [4.69, 9.17) is 0 Å². The molecule has 3 aromatic rings. The molecule has 0 bridgehead atoms. The van der Waals surface area contributed by atoms with Crippen molar-refractivity contribution in [2.75, 3.05) is 16.7 Å². The van der Waals surface area contributed by atoms with Gasteiger partial charge in [-0.3, -0.25) is 19.1 Å². The van der Waals surface area contributed by atoms with Gasteiger partial charge in [0.2, 0.25) is 10.0 Å². The van der Waals surface area contributed by atoms with Crippen molar-refractivity contribution in [2.24, 2.45) is 0 Å². The van der Waals surface area contributed by atoms with Crippen LogP contribution in [0.25, 0.3) is 11.4 Å². The van der Waals surface area contributed by atoms with Crippen LogP contribution in [0.3, 0.4) is 0 Å². The van der Waals surface area contributed by atoms with Crippen molar-refractivity contribution in [3.63, 3.8) is 0 Å². The van der Waals surface area contributed by atoms with E-state index in [-0.39, 0.29) is 11.5 Å². The molecule has 1 aromatic carbocycles. The lowest BCUT2D eigenvalue weighted by Gasteiger charge is -2.09. The molecule has 0 atom stereocenters.